The molecule has 0 aromatic heterocycles. The fraction of sp³-hybridized carbons (Fsp3) is 0.476. The van der Waals surface area contributed by atoms with E-state index in [1.807, 2.05) is 12.2 Å². The van der Waals surface area contributed by atoms with Gasteiger partial charge in [0.25, 0.3) is 0 Å². The number of carbonyl (C=O) groups is 1. The predicted molar refractivity (Wildman–Crippen MR) is 104 cm³/mol. The largest absolute Gasteiger partial charge is 0.508 e. The number of hydrogen-bond acceptors (Lipinski definition) is 9. The molecule has 30 heavy (non-hydrogen) atoms. The second-order valence-corrected chi connectivity index (χ2v) is 7.22. The van der Waals surface area contributed by atoms with Gasteiger partial charge in [-0.1, -0.05) is 24.3 Å². The van der Waals surface area contributed by atoms with E-state index in [1.165, 1.54) is 18.2 Å². The Morgan fingerprint density at radius 3 is 2.47 bits per heavy atom. The number of phenolic OH excluding ortho intramolecular Hbond substituents is 1. The van der Waals surface area contributed by atoms with Crippen LogP contribution in [0, 0.1) is 0 Å². The molecule has 9 nitrogen and oxygen atoms in total. The van der Waals surface area contributed by atoms with E-state index in [1.54, 1.807) is 12.1 Å². The van der Waals surface area contributed by atoms with E-state index < -0.39 is 55.5 Å². The summed E-state index contributed by atoms with van der Waals surface area (Å²) in [5.74, 6) is -0.729. The number of benzene rings is 1. The van der Waals surface area contributed by atoms with Crippen LogP contribution < -0.4 is 0 Å². The van der Waals surface area contributed by atoms with E-state index in [9.17, 15) is 30.3 Å². The molecule has 1 saturated heterocycles. The van der Waals surface area contributed by atoms with Crippen molar-refractivity contribution >= 4 is 12.0 Å². The van der Waals surface area contributed by atoms with Gasteiger partial charge in [-0.3, -0.25) is 0 Å². The van der Waals surface area contributed by atoms with E-state index in [2.05, 4.69) is 0 Å². The molecule has 1 fully saturated rings. The first-order valence-electron chi connectivity index (χ1n) is 9.67. The lowest BCUT2D eigenvalue weighted by Gasteiger charge is -2.42. The van der Waals surface area contributed by atoms with Gasteiger partial charge in [-0.2, -0.15) is 0 Å². The third-order valence-electron chi connectivity index (χ3n) is 5.03. The highest BCUT2D eigenvalue weighted by atomic mass is 16.7. The summed E-state index contributed by atoms with van der Waals surface area (Å²) in [6.45, 7) is -0.577. The minimum atomic E-state index is -1.57. The monoisotopic (exact) mass is 422 g/mol. The summed E-state index contributed by atoms with van der Waals surface area (Å²) in [5.41, 5.74) is 0.635. The first-order chi connectivity index (χ1) is 14.4. The molecule has 1 heterocycles. The van der Waals surface area contributed by atoms with Crippen LogP contribution in [-0.4, -0.2) is 81.0 Å². The molecule has 0 bridgehead atoms. The molecule has 9 heteroatoms. The molecule has 7 atom stereocenters. The summed E-state index contributed by atoms with van der Waals surface area (Å²) in [7, 11) is 0. The zero-order valence-corrected chi connectivity index (χ0v) is 16.2. The van der Waals surface area contributed by atoms with Gasteiger partial charge in [-0.15, -0.1) is 0 Å². The SMILES string of the molecule is O=C(/C=C\c1ccc(O)cc1)O[C@H]1[C@H](O[C@H]2CC=CC[C@@H]2O)O[C@H](CO)[C@@H](O)[C@@H]1O. The van der Waals surface area contributed by atoms with Crippen LogP contribution in [0.3, 0.4) is 0 Å². The van der Waals surface area contributed by atoms with Crippen molar-refractivity contribution in [3.8, 4) is 5.75 Å². The fourth-order valence-electron chi connectivity index (χ4n) is 3.31. The molecule has 1 aliphatic carbocycles. The van der Waals surface area contributed by atoms with Crippen molar-refractivity contribution in [2.45, 2.75) is 55.8 Å². The molecule has 0 radical (unpaired) electrons. The lowest BCUT2D eigenvalue weighted by Crippen LogP contribution is -2.61. The smallest absolute Gasteiger partial charge is 0.331 e. The summed E-state index contributed by atoms with van der Waals surface area (Å²) < 4.78 is 16.5. The van der Waals surface area contributed by atoms with Crippen molar-refractivity contribution in [1.29, 1.82) is 0 Å². The zero-order valence-electron chi connectivity index (χ0n) is 16.2. The van der Waals surface area contributed by atoms with Crippen molar-refractivity contribution < 1.29 is 44.5 Å². The van der Waals surface area contributed by atoms with Gasteiger partial charge in [0, 0.05) is 6.08 Å². The minimum absolute atomic E-state index is 0.0874. The number of aromatic hydroxyl groups is 1. The first-order valence-corrected chi connectivity index (χ1v) is 9.67. The molecule has 1 aliphatic heterocycles. The van der Waals surface area contributed by atoms with Crippen LogP contribution in [0.25, 0.3) is 6.08 Å². The highest BCUT2D eigenvalue weighted by Gasteiger charge is 2.48. The number of rotatable bonds is 6. The Balaban J connectivity index is 1.71. The van der Waals surface area contributed by atoms with Crippen molar-refractivity contribution in [3.63, 3.8) is 0 Å². The van der Waals surface area contributed by atoms with E-state index >= 15 is 0 Å². The number of hydrogen-bond donors (Lipinski definition) is 5. The maximum atomic E-state index is 12.3. The van der Waals surface area contributed by atoms with Crippen LogP contribution in [0.15, 0.2) is 42.5 Å². The number of ether oxygens (including phenoxy) is 3. The van der Waals surface area contributed by atoms with Gasteiger partial charge in [-0.25, -0.2) is 4.79 Å². The van der Waals surface area contributed by atoms with Crippen LogP contribution in [0.1, 0.15) is 18.4 Å². The summed E-state index contributed by atoms with van der Waals surface area (Å²) in [6, 6.07) is 6.11. The van der Waals surface area contributed by atoms with Crippen LogP contribution in [0.5, 0.6) is 5.75 Å². The van der Waals surface area contributed by atoms with Gasteiger partial charge in [0.15, 0.2) is 12.4 Å². The van der Waals surface area contributed by atoms with Crippen molar-refractivity contribution in [3.05, 3.63) is 48.1 Å². The molecule has 5 N–H and O–H groups in total. The Morgan fingerprint density at radius 2 is 1.80 bits per heavy atom. The lowest BCUT2D eigenvalue weighted by molar-refractivity contribution is -0.318. The molecule has 0 saturated carbocycles. The maximum absolute atomic E-state index is 12.3. The molecular formula is C21H26O9. The fourth-order valence-corrected chi connectivity index (χ4v) is 3.31. The summed E-state index contributed by atoms with van der Waals surface area (Å²) in [6.07, 6.45) is -1.33. The Kier molecular flexibility index (Phi) is 7.59. The molecule has 1 aromatic rings. The van der Waals surface area contributed by atoms with Gasteiger partial charge < -0.3 is 39.7 Å². The second kappa shape index (κ2) is 10.2. The summed E-state index contributed by atoms with van der Waals surface area (Å²) in [5, 5.41) is 49.4. The molecule has 0 spiro atoms. The molecular weight excluding hydrogens is 396 g/mol. The summed E-state index contributed by atoms with van der Waals surface area (Å²) >= 11 is 0. The number of phenols is 1. The third-order valence-corrected chi connectivity index (χ3v) is 5.03. The average Bonchev–Trinajstić information content (AvgIpc) is 2.74. The zero-order chi connectivity index (χ0) is 21.7. The lowest BCUT2D eigenvalue weighted by atomic mass is 9.98. The highest BCUT2D eigenvalue weighted by Crippen LogP contribution is 2.28. The van der Waals surface area contributed by atoms with Gasteiger partial charge in [-0.05, 0) is 36.6 Å². The summed E-state index contributed by atoms with van der Waals surface area (Å²) in [4.78, 5) is 12.3. The topological polar surface area (TPSA) is 146 Å². The van der Waals surface area contributed by atoms with Crippen LogP contribution >= 0.6 is 0 Å². The normalized spacial score (nSPS) is 34.2. The van der Waals surface area contributed by atoms with Crippen LogP contribution in [-0.2, 0) is 19.0 Å². The maximum Gasteiger partial charge on any atom is 0.331 e. The van der Waals surface area contributed by atoms with E-state index in [4.69, 9.17) is 14.2 Å². The Labute approximate surface area is 173 Å². The number of aliphatic hydroxyl groups excluding tert-OH is 4. The van der Waals surface area contributed by atoms with Crippen LogP contribution in [0.4, 0.5) is 0 Å². The van der Waals surface area contributed by atoms with Gasteiger partial charge in [0.2, 0.25) is 0 Å². The third kappa shape index (κ3) is 5.45. The Hall–Kier alpha value is -2.27. The average molecular weight is 422 g/mol. The molecule has 164 valence electrons. The molecule has 3 rings (SSSR count). The Bertz CT molecular complexity index is 760. The molecule has 1 aromatic carbocycles. The molecule has 0 unspecified atom stereocenters. The van der Waals surface area contributed by atoms with Crippen molar-refractivity contribution in [1.82, 2.24) is 0 Å². The van der Waals surface area contributed by atoms with Crippen molar-refractivity contribution in [2.75, 3.05) is 6.61 Å². The minimum Gasteiger partial charge on any atom is -0.508 e. The number of esters is 1. The molecule has 2 aliphatic rings. The van der Waals surface area contributed by atoms with Crippen LogP contribution in [0.2, 0.25) is 0 Å². The van der Waals surface area contributed by atoms with E-state index in [-0.39, 0.29) is 5.75 Å². The van der Waals surface area contributed by atoms with Gasteiger partial charge >= 0.3 is 5.97 Å². The Morgan fingerprint density at radius 1 is 1.10 bits per heavy atom. The first kappa shape index (κ1) is 22.4. The van der Waals surface area contributed by atoms with E-state index in [0.29, 0.717) is 18.4 Å². The van der Waals surface area contributed by atoms with Crippen molar-refractivity contribution in [2.24, 2.45) is 0 Å². The van der Waals surface area contributed by atoms with Gasteiger partial charge in [0.1, 0.15) is 24.1 Å². The number of carbonyl (C=O) groups excluding carboxylic acids is 1. The quantitative estimate of drug-likeness (QED) is 0.240. The number of aliphatic hydroxyl groups is 4. The van der Waals surface area contributed by atoms with E-state index in [0.717, 1.165) is 6.08 Å². The standard InChI is InChI=1S/C21H26O9/c22-11-16-18(26)19(27)20(21(29-16)28-15-4-2-1-3-14(15)24)30-17(25)10-7-12-5-8-13(23)9-6-12/h1-2,5-10,14-16,18-24,26-27H,3-4,11H2/b10-7-/t14-,15-,16+,18+,19-,20+,21+/m0/s1. The highest BCUT2D eigenvalue weighted by molar-refractivity contribution is 5.87. The van der Waals surface area contributed by atoms with Gasteiger partial charge in [0.05, 0.1) is 18.8 Å². The predicted octanol–water partition coefficient (Wildman–Crippen LogP) is -0.148. The molecule has 0 amide bonds. The second-order valence-electron chi connectivity index (χ2n) is 7.22.